The molecule has 1 aliphatic carbocycles. The number of nitrogens with zero attached hydrogens (tertiary/aromatic N) is 3. The van der Waals surface area contributed by atoms with Crippen LogP contribution in [0.15, 0.2) is 6.20 Å². The molecule has 3 rings (SSSR count). The summed E-state index contributed by atoms with van der Waals surface area (Å²) in [6.07, 6.45) is 4.59. The second-order valence-corrected chi connectivity index (χ2v) is 5.85. The molecule has 0 amide bonds. The Morgan fingerprint density at radius 1 is 1.53 bits per heavy atom. The first-order chi connectivity index (χ1) is 9.03. The molecule has 2 fully saturated rings. The Balaban J connectivity index is 1.94. The Morgan fingerprint density at radius 2 is 2.32 bits per heavy atom. The van der Waals surface area contributed by atoms with Crippen molar-refractivity contribution in [2.75, 3.05) is 18.0 Å². The van der Waals surface area contributed by atoms with Crippen LogP contribution in [0, 0.1) is 25.2 Å². The molecular formula is C14H19N3O2. The van der Waals surface area contributed by atoms with E-state index in [0.29, 0.717) is 6.54 Å². The van der Waals surface area contributed by atoms with Crippen molar-refractivity contribution in [3.63, 3.8) is 0 Å². The van der Waals surface area contributed by atoms with Gasteiger partial charge in [0.15, 0.2) is 0 Å². The average Bonchev–Trinajstić information content (AvgIpc) is 2.89. The zero-order valence-electron chi connectivity index (χ0n) is 11.4. The van der Waals surface area contributed by atoms with E-state index in [-0.39, 0.29) is 5.92 Å². The molecule has 1 saturated carbocycles. The number of aliphatic carboxylic acids is 1. The van der Waals surface area contributed by atoms with Crippen molar-refractivity contribution in [3.8, 4) is 0 Å². The van der Waals surface area contributed by atoms with E-state index in [2.05, 4.69) is 14.9 Å². The first-order valence-electron chi connectivity index (χ1n) is 6.81. The predicted molar refractivity (Wildman–Crippen MR) is 71.1 cm³/mol. The molecule has 2 heterocycles. The third-order valence-electron chi connectivity index (χ3n) is 4.65. The van der Waals surface area contributed by atoms with Crippen LogP contribution in [0.1, 0.15) is 30.7 Å². The maximum Gasteiger partial charge on any atom is 0.311 e. The second-order valence-electron chi connectivity index (χ2n) is 5.85. The van der Waals surface area contributed by atoms with Crippen molar-refractivity contribution in [1.82, 2.24) is 9.97 Å². The van der Waals surface area contributed by atoms with Crippen LogP contribution in [0.25, 0.3) is 0 Å². The number of anilines is 1. The quantitative estimate of drug-likeness (QED) is 0.879. The van der Waals surface area contributed by atoms with Crippen LogP contribution in [0.2, 0.25) is 0 Å². The molecule has 5 nitrogen and oxygen atoms in total. The minimum absolute atomic E-state index is 0.256. The number of fused-ring (bicyclic) bond motifs is 1. The SMILES string of the molecule is Cc1cnc(C)c(N2C[C@@H]3CCC[C@@]3(C(=O)O)C2)n1. The van der Waals surface area contributed by atoms with Gasteiger partial charge in [0.2, 0.25) is 0 Å². The van der Waals surface area contributed by atoms with Gasteiger partial charge in [-0.2, -0.15) is 0 Å². The third-order valence-corrected chi connectivity index (χ3v) is 4.65. The van der Waals surface area contributed by atoms with Gasteiger partial charge in [0, 0.05) is 19.3 Å². The lowest BCUT2D eigenvalue weighted by molar-refractivity contribution is -0.149. The first kappa shape index (κ1) is 12.4. The Hall–Kier alpha value is -1.65. The number of carboxylic acids is 1. The number of rotatable bonds is 2. The maximum atomic E-state index is 11.7. The molecule has 0 spiro atoms. The lowest BCUT2D eigenvalue weighted by Gasteiger charge is -2.24. The summed E-state index contributed by atoms with van der Waals surface area (Å²) in [7, 11) is 0. The lowest BCUT2D eigenvalue weighted by atomic mass is 9.81. The highest BCUT2D eigenvalue weighted by Gasteiger charge is 2.55. The highest BCUT2D eigenvalue weighted by Crippen LogP contribution is 2.49. The third kappa shape index (κ3) is 1.79. The standard InChI is InChI=1S/C14H19N3O2/c1-9-6-15-10(2)12(16-9)17-7-11-4-3-5-14(11,8-17)13(18)19/h6,11H,3-5,7-8H2,1-2H3,(H,18,19)/t11-,14+/m0/s1. The van der Waals surface area contributed by atoms with Crippen molar-refractivity contribution in [2.24, 2.45) is 11.3 Å². The number of hydrogen-bond donors (Lipinski definition) is 1. The van der Waals surface area contributed by atoms with Gasteiger partial charge in [0.05, 0.1) is 16.8 Å². The highest BCUT2D eigenvalue weighted by molar-refractivity contribution is 5.78. The number of aromatic nitrogens is 2. The molecule has 2 atom stereocenters. The van der Waals surface area contributed by atoms with Crippen LogP contribution in [-0.4, -0.2) is 34.1 Å². The van der Waals surface area contributed by atoms with Crippen molar-refractivity contribution in [1.29, 1.82) is 0 Å². The Morgan fingerprint density at radius 3 is 3.00 bits per heavy atom. The molecule has 102 valence electrons. The summed E-state index contributed by atoms with van der Waals surface area (Å²) in [5, 5.41) is 9.60. The Kier molecular flexibility index (Phi) is 2.73. The fourth-order valence-corrected chi connectivity index (χ4v) is 3.62. The molecule has 1 aromatic rings. The smallest absolute Gasteiger partial charge is 0.311 e. The predicted octanol–water partition coefficient (Wildman–Crippen LogP) is 1.78. The van der Waals surface area contributed by atoms with E-state index in [1.807, 2.05) is 13.8 Å². The van der Waals surface area contributed by atoms with E-state index >= 15 is 0 Å². The summed E-state index contributed by atoms with van der Waals surface area (Å²) in [6, 6.07) is 0. The van der Waals surface area contributed by atoms with E-state index in [1.165, 1.54) is 0 Å². The van der Waals surface area contributed by atoms with Gasteiger partial charge < -0.3 is 10.0 Å². The summed E-state index contributed by atoms with van der Waals surface area (Å²) in [5.41, 5.74) is 1.20. The van der Waals surface area contributed by atoms with Crippen LogP contribution < -0.4 is 4.90 Å². The maximum absolute atomic E-state index is 11.7. The first-order valence-corrected chi connectivity index (χ1v) is 6.81. The van der Waals surface area contributed by atoms with Crippen molar-refractivity contribution in [2.45, 2.75) is 33.1 Å². The van der Waals surface area contributed by atoms with E-state index in [9.17, 15) is 9.90 Å². The zero-order chi connectivity index (χ0) is 13.6. The molecule has 1 aliphatic heterocycles. The van der Waals surface area contributed by atoms with Crippen molar-refractivity contribution < 1.29 is 9.90 Å². The van der Waals surface area contributed by atoms with Gasteiger partial charge in [-0.25, -0.2) is 4.98 Å². The fraction of sp³-hybridized carbons (Fsp3) is 0.643. The molecule has 1 aromatic heterocycles. The van der Waals surface area contributed by atoms with E-state index < -0.39 is 11.4 Å². The summed E-state index contributed by atoms with van der Waals surface area (Å²) in [4.78, 5) is 22.7. The molecule has 5 heteroatoms. The van der Waals surface area contributed by atoms with Crippen LogP contribution in [0.4, 0.5) is 5.82 Å². The van der Waals surface area contributed by atoms with Gasteiger partial charge in [0.25, 0.3) is 0 Å². The zero-order valence-corrected chi connectivity index (χ0v) is 11.4. The molecule has 0 radical (unpaired) electrons. The molecule has 0 unspecified atom stereocenters. The molecule has 19 heavy (non-hydrogen) atoms. The highest BCUT2D eigenvalue weighted by atomic mass is 16.4. The summed E-state index contributed by atoms with van der Waals surface area (Å²) in [6.45, 7) is 5.22. The molecule has 0 aromatic carbocycles. The minimum atomic E-state index is -0.643. The summed E-state index contributed by atoms with van der Waals surface area (Å²) >= 11 is 0. The monoisotopic (exact) mass is 261 g/mol. The van der Waals surface area contributed by atoms with Crippen molar-refractivity contribution in [3.05, 3.63) is 17.6 Å². The van der Waals surface area contributed by atoms with E-state index in [0.717, 1.165) is 43.0 Å². The lowest BCUT2D eigenvalue weighted by Crippen LogP contribution is -2.36. The van der Waals surface area contributed by atoms with E-state index in [4.69, 9.17) is 0 Å². The van der Waals surface area contributed by atoms with Crippen LogP contribution >= 0.6 is 0 Å². The van der Waals surface area contributed by atoms with Gasteiger partial charge in [-0.15, -0.1) is 0 Å². The fourth-order valence-electron chi connectivity index (χ4n) is 3.62. The average molecular weight is 261 g/mol. The topological polar surface area (TPSA) is 66.3 Å². The molecule has 0 bridgehead atoms. The van der Waals surface area contributed by atoms with Gasteiger partial charge in [-0.05, 0) is 32.6 Å². The Bertz CT molecular complexity index is 531. The normalized spacial score (nSPS) is 29.6. The molecule has 1 N–H and O–H groups in total. The van der Waals surface area contributed by atoms with Crippen LogP contribution in [0.3, 0.4) is 0 Å². The van der Waals surface area contributed by atoms with Crippen LogP contribution in [0.5, 0.6) is 0 Å². The summed E-state index contributed by atoms with van der Waals surface area (Å²) in [5.74, 6) is 0.470. The summed E-state index contributed by atoms with van der Waals surface area (Å²) < 4.78 is 0. The molecular weight excluding hydrogens is 242 g/mol. The number of carboxylic acid groups (broad SMARTS) is 1. The number of hydrogen-bond acceptors (Lipinski definition) is 4. The molecule has 2 aliphatic rings. The van der Waals surface area contributed by atoms with Crippen molar-refractivity contribution >= 4 is 11.8 Å². The largest absolute Gasteiger partial charge is 0.481 e. The Labute approximate surface area is 112 Å². The molecule has 1 saturated heterocycles. The minimum Gasteiger partial charge on any atom is -0.481 e. The van der Waals surface area contributed by atoms with Gasteiger partial charge in [-0.3, -0.25) is 9.78 Å². The van der Waals surface area contributed by atoms with E-state index in [1.54, 1.807) is 6.20 Å². The number of carbonyl (C=O) groups is 1. The second kappa shape index (κ2) is 4.18. The van der Waals surface area contributed by atoms with Crippen LogP contribution in [-0.2, 0) is 4.79 Å². The number of aryl methyl sites for hydroxylation is 2. The van der Waals surface area contributed by atoms with Gasteiger partial charge in [0.1, 0.15) is 5.82 Å². The van der Waals surface area contributed by atoms with Gasteiger partial charge in [-0.1, -0.05) is 6.42 Å². The van der Waals surface area contributed by atoms with Gasteiger partial charge >= 0.3 is 5.97 Å².